The van der Waals surface area contributed by atoms with E-state index in [1.54, 1.807) is 6.07 Å². The van der Waals surface area contributed by atoms with Gasteiger partial charge in [-0.1, -0.05) is 17.7 Å². The average molecular weight is 517 g/mol. The van der Waals surface area contributed by atoms with Crippen LogP contribution in [0, 0.1) is 11.6 Å². The number of fused-ring (bicyclic) bond motifs is 1. The number of halogens is 3. The molecule has 9 nitrogen and oxygen atoms in total. The third-order valence-corrected chi connectivity index (χ3v) is 6.73. The fourth-order valence-corrected chi connectivity index (χ4v) is 4.84. The van der Waals surface area contributed by atoms with Gasteiger partial charge in [-0.05, 0) is 36.4 Å². The summed E-state index contributed by atoms with van der Waals surface area (Å²) in [6.07, 6.45) is 2.74. The molecule has 0 bridgehead atoms. The Hall–Kier alpha value is -4.03. The predicted molar refractivity (Wildman–Crippen MR) is 126 cm³/mol. The van der Waals surface area contributed by atoms with Crippen molar-refractivity contribution in [3.63, 3.8) is 0 Å². The summed E-state index contributed by atoms with van der Waals surface area (Å²) in [7, 11) is -2.72. The Balaban J connectivity index is 1.51. The van der Waals surface area contributed by atoms with Gasteiger partial charge in [0.25, 0.3) is 10.0 Å². The Morgan fingerprint density at radius 1 is 1.09 bits per heavy atom. The number of anilines is 1. The second kappa shape index (κ2) is 8.64. The van der Waals surface area contributed by atoms with Crippen LogP contribution in [0.15, 0.2) is 59.8 Å². The van der Waals surface area contributed by atoms with Gasteiger partial charge in [-0.3, -0.25) is 9.82 Å². The molecular weight excluding hydrogens is 502 g/mol. The molecule has 5 rings (SSSR count). The van der Waals surface area contributed by atoms with Crippen molar-refractivity contribution in [2.75, 3.05) is 11.8 Å². The molecule has 0 aliphatic carbocycles. The predicted octanol–water partition coefficient (Wildman–Crippen LogP) is 4.76. The topological polar surface area (TPSA) is 126 Å². The number of rotatable bonds is 6. The Morgan fingerprint density at radius 3 is 2.69 bits per heavy atom. The van der Waals surface area contributed by atoms with Gasteiger partial charge < -0.3 is 9.72 Å². The Kier molecular flexibility index (Phi) is 5.61. The Morgan fingerprint density at radius 2 is 1.91 bits per heavy atom. The van der Waals surface area contributed by atoms with Crippen LogP contribution in [-0.2, 0) is 10.0 Å². The van der Waals surface area contributed by atoms with E-state index >= 15 is 4.39 Å². The lowest BCUT2D eigenvalue weighted by Gasteiger charge is -2.12. The number of methoxy groups -OCH3 is 1. The summed E-state index contributed by atoms with van der Waals surface area (Å²) >= 11 is 5.86. The molecule has 0 spiro atoms. The molecule has 2 aromatic carbocycles. The number of sulfonamides is 1. The maximum Gasteiger partial charge on any atom is 0.262 e. The second-order valence-electron chi connectivity index (χ2n) is 7.35. The molecule has 0 saturated carbocycles. The lowest BCUT2D eigenvalue weighted by atomic mass is 10.1. The second-order valence-corrected chi connectivity index (χ2v) is 9.46. The van der Waals surface area contributed by atoms with Crippen molar-refractivity contribution in [2.24, 2.45) is 0 Å². The number of imidazole rings is 1. The van der Waals surface area contributed by atoms with Gasteiger partial charge in [0.05, 0.1) is 40.5 Å². The molecule has 0 aliphatic rings. The number of aromatic nitrogens is 5. The van der Waals surface area contributed by atoms with Gasteiger partial charge in [-0.2, -0.15) is 0 Å². The van der Waals surface area contributed by atoms with Gasteiger partial charge in [-0.15, -0.1) is 5.10 Å². The van der Waals surface area contributed by atoms with E-state index in [0.29, 0.717) is 22.5 Å². The fourth-order valence-electron chi connectivity index (χ4n) is 3.48. The van der Waals surface area contributed by atoms with E-state index in [1.165, 1.54) is 43.8 Å². The summed E-state index contributed by atoms with van der Waals surface area (Å²) < 4.78 is 62.7. The minimum Gasteiger partial charge on any atom is -0.479 e. The first kappa shape index (κ1) is 22.7. The number of nitrogens with one attached hydrogen (secondary N) is 3. The molecule has 0 radical (unpaired) electrons. The number of nitrogens with zero attached hydrogens (tertiary/aromatic N) is 3. The van der Waals surface area contributed by atoms with Crippen LogP contribution >= 0.6 is 11.6 Å². The van der Waals surface area contributed by atoms with Crippen LogP contribution in [0.4, 0.5) is 14.5 Å². The van der Waals surface area contributed by atoms with Crippen LogP contribution < -0.4 is 9.46 Å². The smallest absolute Gasteiger partial charge is 0.262 e. The van der Waals surface area contributed by atoms with E-state index < -0.39 is 32.9 Å². The SMILES string of the molecule is COc1n[nH]c2ncc(-c3ncc(-c4c(F)ccc(NS(=O)(=O)c5cccc(Cl)c5)c4F)[nH]3)cc12. The molecule has 35 heavy (non-hydrogen) atoms. The standard InChI is InChI=1S/C22H15ClF2N6O3S/c1-34-22-14-7-11(9-26-21(14)29-30-22)20-27-10-17(28-20)18-15(24)5-6-16(19(18)25)31-35(32,33)13-4-2-3-12(23)8-13/h2-10,31H,1H3,(H,27,28)(H,26,29,30). The van der Waals surface area contributed by atoms with Crippen LogP contribution in [0.5, 0.6) is 5.88 Å². The van der Waals surface area contributed by atoms with Crippen molar-refractivity contribution in [3.8, 4) is 28.5 Å². The summed E-state index contributed by atoms with van der Waals surface area (Å²) in [6, 6.07) is 9.12. The highest BCUT2D eigenvalue weighted by Gasteiger charge is 2.22. The maximum absolute atomic E-state index is 15.3. The van der Waals surface area contributed by atoms with Crippen LogP contribution in [-0.4, -0.2) is 40.7 Å². The third-order valence-electron chi connectivity index (χ3n) is 5.14. The molecule has 0 unspecified atom stereocenters. The van der Waals surface area contributed by atoms with Gasteiger partial charge in [0.2, 0.25) is 5.88 Å². The minimum absolute atomic E-state index is 0.00180. The zero-order valence-electron chi connectivity index (χ0n) is 17.8. The number of hydrogen-bond acceptors (Lipinski definition) is 6. The zero-order valence-corrected chi connectivity index (χ0v) is 19.4. The molecule has 3 N–H and O–H groups in total. The molecule has 0 atom stereocenters. The van der Waals surface area contributed by atoms with Gasteiger partial charge in [0.15, 0.2) is 11.5 Å². The van der Waals surface area contributed by atoms with Crippen molar-refractivity contribution in [1.82, 2.24) is 25.1 Å². The van der Waals surface area contributed by atoms with Crippen molar-refractivity contribution < 1.29 is 21.9 Å². The Labute approximate surface area is 202 Å². The summed E-state index contributed by atoms with van der Waals surface area (Å²) in [6.45, 7) is 0. The number of benzene rings is 2. The van der Waals surface area contributed by atoms with Crippen LogP contribution in [0.2, 0.25) is 5.02 Å². The highest BCUT2D eigenvalue weighted by molar-refractivity contribution is 7.92. The largest absolute Gasteiger partial charge is 0.479 e. The summed E-state index contributed by atoms with van der Waals surface area (Å²) in [5, 5.41) is 7.50. The maximum atomic E-state index is 15.3. The van der Waals surface area contributed by atoms with Crippen LogP contribution in [0.3, 0.4) is 0 Å². The summed E-state index contributed by atoms with van der Waals surface area (Å²) in [5.74, 6) is -1.41. The number of hydrogen-bond donors (Lipinski definition) is 3. The highest BCUT2D eigenvalue weighted by atomic mass is 35.5. The minimum atomic E-state index is -4.18. The van der Waals surface area contributed by atoms with Crippen LogP contribution in [0.25, 0.3) is 33.7 Å². The molecule has 0 saturated heterocycles. The van der Waals surface area contributed by atoms with E-state index in [-0.39, 0.29) is 21.4 Å². The quantitative estimate of drug-likeness (QED) is 0.299. The molecule has 5 aromatic rings. The van der Waals surface area contributed by atoms with E-state index in [9.17, 15) is 12.8 Å². The van der Waals surface area contributed by atoms with Crippen molar-refractivity contribution >= 4 is 38.3 Å². The summed E-state index contributed by atoms with van der Waals surface area (Å²) in [4.78, 5) is 11.1. The van der Waals surface area contributed by atoms with Crippen LogP contribution in [0.1, 0.15) is 0 Å². The van der Waals surface area contributed by atoms with Gasteiger partial charge in [0, 0.05) is 16.8 Å². The molecular formula is C22H15ClF2N6O3S. The molecule has 0 amide bonds. The normalized spacial score (nSPS) is 11.7. The first-order chi connectivity index (χ1) is 16.8. The van der Waals surface area contributed by atoms with Crippen molar-refractivity contribution in [1.29, 1.82) is 0 Å². The molecule has 3 aromatic heterocycles. The number of pyridine rings is 1. The molecule has 0 fully saturated rings. The van der Waals surface area contributed by atoms with Crippen molar-refractivity contribution in [3.05, 3.63) is 71.5 Å². The lowest BCUT2D eigenvalue weighted by molar-refractivity contribution is 0.401. The molecule has 0 aliphatic heterocycles. The van der Waals surface area contributed by atoms with E-state index in [4.69, 9.17) is 16.3 Å². The first-order valence-electron chi connectivity index (χ1n) is 9.97. The number of H-pyrrole nitrogens is 2. The average Bonchev–Trinajstić information content (AvgIpc) is 3.48. The first-order valence-corrected chi connectivity index (χ1v) is 11.8. The van der Waals surface area contributed by atoms with E-state index in [0.717, 1.165) is 12.1 Å². The van der Waals surface area contributed by atoms with E-state index in [2.05, 4.69) is 29.9 Å². The van der Waals surface area contributed by atoms with Gasteiger partial charge in [-0.25, -0.2) is 27.2 Å². The van der Waals surface area contributed by atoms with Crippen molar-refractivity contribution in [2.45, 2.75) is 4.90 Å². The zero-order chi connectivity index (χ0) is 24.7. The van der Waals surface area contributed by atoms with Gasteiger partial charge in [0.1, 0.15) is 11.6 Å². The molecule has 178 valence electrons. The third kappa shape index (κ3) is 4.17. The lowest BCUT2D eigenvalue weighted by Crippen LogP contribution is -2.14. The molecule has 13 heteroatoms. The number of aromatic amines is 2. The van der Waals surface area contributed by atoms with E-state index in [1.807, 2.05) is 0 Å². The fraction of sp³-hybridized carbons (Fsp3) is 0.0455. The number of ether oxygens (including phenoxy) is 1. The highest BCUT2D eigenvalue weighted by Crippen LogP contribution is 2.33. The van der Waals surface area contributed by atoms with Gasteiger partial charge >= 0.3 is 0 Å². The summed E-state index contributed by atoms with van der Waals surface area (Å²) in [5.41, 5.74) is 0.0861. The monoisotopic (exact) mass is 516 g/mol. The molecule has 3 heterocycles. The Bertz CT molecular complexity index is 1690.